The van der Waals surface area contributed by atoms with Crippen LogP contribution in [0.2, 0.25) is 0 Å². The fourth-order valence-electron chi connectivity index (χ4n) is 1.33. The number of rotatable bonds is 3. The van der Waals surface area contributed by atoms with Gasteiger partial charge in [0.15, 0.2) is 0 Å². The Morgan fingerprint density at radius 2 is 2.33 bits per heavy atom. The van der Waals surface area contributed by atoms with Crippen molar-refractivity contribution in [3.63, 3.8) is 0 Å². The van der Waals surface area contributed by atoms with Gasteiger partial charge >= 0.3 is 0 Å². The van der Waals surface area contributed by atoms with Crippen LogP contribution in [-0.4, -0.2) is 0 Å². The molecule has 74 valence electrons. The molecule has 1 aromatic rings. The van der Waals surface area contributed by atoms with Crippen molar-refractivity contribution in [2.75, 3.05) is 0 Å². The van der Waals surface area contributed by atoms with Gasteiger partial charge in [-0.1, -0.05) is 24.3 Å². The second-order valence-corrected chi connectivity index (χ2v) is 3.22. The van der Waals surface area contributed by atoms with E-state index in [0.29, 0.717) is 0 Å². The first-order valence-electron chi connectivity index (χ1n) is 4.93. The molecule has 1 aromatic heterocycles. The minimum absolute atomic E-state index is 0.891. The lowest BCUT2D eigenvalue weighted by Gasteiger charge is -1.93. The number of furan rings is 1. The molecule has 0 atom stereocenters. The van der Waals surface area contributed by atoms with Crippen LogP contribution >= 0.6 is 0 Å². The van der Waals surface area contributed by atoms with Crippen molar-refractivity contribution in [3.05, 3.63) is 71.9 Å². The summed E-state index contributed by atoms with van der Waals surface area (Å²) in [4.78, 5) is 0. The first-order valence-corrected chi connectivity index (χ1v) is 4.93. The Bertz CT molecular complexity index is 450. The van der Waals surface area contributed by atoms with Crippen LogP contribution in [0.4, 0.5) is 0 Å². The molecule has 1 heteroatoms. The standard InChI is InChI=1S/C14H12O/c1-2-4-8-13(7-3-1)9-5-10-14-11-6-12-15-14/h1,3-8,10-12H,9H2/b10-5+. The molecule has 15 heavy (non-hydrogen) atoms. The van der Waals surface area contributed by atoms with E-state index in [1.807, 2.05) is 36.4 Å². The molecule has 0 bridgehead atoms. The van der Waals surface area contributed by atoms with E-state index in [0.717, 1.165) is 12.2 Å². The maximum atomic E-state index is 5.20. The highest BCUT2D eigenvalue weighted by molar-refractivity contribution is 5.44. The summed E-state index contributed by atoms with van der Waals surface area (Å²) >= 11 is 0. The summed E-state index contributed by atoms with van der Waals surface area (Å²) in [6.45, 7) is 0. The second kappa shape index (κ2) is 5.04. The first kappa shape index (κ1) is 9.57. The number of hydrogen-bond acceptors (Lipinski definition) is 1. The second-order valence-electron chi connectivity index (χ2n) is 3.22. The predicted molar refractivity (Wildman–Crippen MR) is 62.2 cm³/mol. The third-order valence-electron chi connectivity index (χ3n) is 2.08. The largest absolute Gasteiger partial charge is 0.465 e. The minimum atomic E-state index is 0.891. The van der Waals surface area contributed by atoms with Gasteiger partial charge in [0, 0.05) is 0 Å². The lowest BCUT2D eigenvalue weighted by molar-refractivity contribution is 0.557. The molecule has 2 rings (SSSR count). The molecule has 1 aliphatic rings. The average molecular weight is 196 g/mol. The van der Waals surface area contributed by atoms with Crippen LogP contribution in [0.15, 0.2) is 70.6 Å². The van der Waals surface area contributed by atoms with Gasteiger partial charge in [-0.2, -0.15) is 0 Å². The van der Waals surface area contributed by atoms with E-state index in [9.17, 15) is 0 Å². The van der Waals surface area contributed by atoms with Crippen LogP contribution in [0, 0.1) is 0 Å². The first-order chi connectivity index (χ1) is 7.45. The Hall–Kier alpha value is -1.98. The highest BCUT2D eigenvalue weighted by Gasteiger charge is 1.90. The van der Waals surface area contributed by atoms with Crippen molar-refractivity contribution >= 4 is 6.08 Å². The fraction of sp³-hybridized carbons (Fsp3) is 0.0714. The van der Waals surface area contributed by atoms with E-state index in [1.54, 1.807) is 6.26 Å². The van der Waals surface area contributed by atoms with Gasteiger partial charge in [-0.25, -0.2) is 0 Å². The Morgan fingerprint density at radius 3 is 3.20 bits per heavy atom. The molecule has 0 aromatic carbocycles. The van der Waals surface area contributed by atoms with Crippen LogP contribution in [0.1, 0.15) is 12.2 Å². The van der Waals surface area contributed by atoms with E-state index in [-0.39, 0.29) is 0 Å². The predicted octanol–water partition coefficient (Wildman–Crippen LogP) is 3.89. The quantitative estimate of drug-likeness (QED) is 0.668. The zero-order chi connectivity index (χ0) is 10.3. The molecule has 0 N–H and O–H groups in total. The maximum absolute atomic E-state index is 5.20. The van der Waals surface area contributed by atoms with Gasteiger partial charge in [0.2, 0.25) is 0 Å². The molecule has 0 aliphatic heterocycles. The van der Waals surface area contributed by atoms with Gasteiger partial charge < -0.3 is 4.42 Å². The summed E-state index contributed by atoms with van der Waals surface area (Å²) in [6.07, 6.45) is 16.6. The summed E-state index contributed by atoms with van der Waals surface area (Å²) in [5, 5.41) is 0. The smallest absolute Gasteiger partial charge is 0.126 e. The lowest BCUT2D eigenvalue weighted by atomic mass is 10.1. The SMILES string of the molecule is C1=CC=CC(C/C=C/c2ccco2)=CC=1. The molecular weight excluding hydrogens is 184 g/mol. The highest BCUT2D eigenvalue weighted by atomic mass is 16.3. The third kappa shape index (κ3) is 3.01. The van der Waals surface area contributed by atoms with E-state index in [1.165, 1.54) is 5.57 Å². The van der Waals surface area contributed by atoms with Crippen LogP contribution in [0.3, 0.4) is 0 Å². The highest BCUT2D eigenvalue weighted by Crippen LogP contribution is 2.09. The van der Waals surface area contributed by atoms with Crippen LogP contribution < -0.4 is 0 Å². The molecule has 1 aliphatic carbocycles. The van der Waals surface area contributed by atoms with Crippen LogP contribution in [0.5, 0.6) is 0 Å². The fourth-order valence-corrected chi connectivity index (χ4v) is 1.33. The van der Waals surface area contributed by atoms with E-state index < -0.39 is 0 Å². The number of hydrogen-bond donors (Lipinski definition) is 0. The molecule has 0 spiro atoms. The van der Waals surface area contributed by atoms with E-state index >= 15 is 0 Å². The molecule has 1 nitrogen and oxygen atoms in total. The molecule has 0 fully saturated rings. The molecule has 1 heterocycles. The zero-order valence-corrected chi connectivity index (χ0v) is 8.39. The van der Waals surface area contributed by atoms with Gasteiger partial charge in [0.05, 0.1) is 6.26 Å². The monoisotopic (exact) mass is 196 g/mol. The maximum Gasteiger partial charge on any atom is 0.126 e. The molecule has 0 saturated carbocycles. The summed E-state index contributed by atoms with van der Waals surface area (Å²) in [5.41, 5.74) is 4.29. The van der Waals surface area contributed by atoms with Crippen molar-refractivity contribution in [2.45, 2.75) is 6.42 Å². The van der Waals surface area contributed by atoms with Crippen LogP contribution in [-0.2, 0) is 0 Å². The van der Waals surface area contributed by atoms with Gasteiger partial charge in [-0.15, -0.1) is 5.73 Å². The zero-order valence-electron chi connectivity index (χ0n) is 8.39. The number of allylic oxidation sites excluding steroid dienone is 6. The van der Waals surface area contributed by atoms with Crippen LogP contribution in [0.25, 0.3) is 6.08 Å². The Labute approximate surface area is 89.4 Å². The molecule has 0 radical (unpaired) electrons. The van der Waals surface area contributed by atoms with Crippen molar-refractivity contribution in [3.8, 4) is 0 Å². The van der Waals surface area contributed by atoms with E-state index in [2.05, 4.69) is 24.0 Å². The Morgan fingerprint density at radius 1 is 1.33 bits per heavy atom. The van der Waals surface area contributed by atoms with Crippen molar-refractivity contribution < 1.29 is 4.42 Å². The average Bonchev–Trinajstić information content (AvgIpc) is 2.62. The minimum Gasteiger partial charge on any atom is -0.465 e. The lowest BCUT2D eigenvalue weighted by Crippen LogP contribution is -1.73. The Balaban J connectivity index is 1.94. The molecular formula is C14H12O. The van der Waals surface area contributed by atoms with Gasteiger partial charge in [0.25, 0.3) is 0 Å². The molecule has 0 unspecified atom stereocenters. The molecule has 0 amide bonds. The summed E-state index contributed by atoms with van der Waals surface area (Å²) in [7, 11) is 0. The van der Waals surface area contributed by atoms with Gasteiger partial charge in [0.1, 0.15) is 5.76 Å². The van der Waals surface area contributed by atoms with Crippen molar-refractivity contribution in [2.24, 2.45) is 0 Å². The topological polar surface area (TPSA) is 13.1 Å². The summed E-state index contributed by atoms with van der Waals surface area (Å²) in [5.74, 6) is 0.891. The van der Waals surface area contributed by atoms with E-state index in [4.69, 9.17) is 4.42 Å². The Kier molecular flexibility index (Phi) is 3.22. The van der Waals surface area contributed by atoms with Crippen molar-refractivity contribution in [1.82, 2.24) is 0 Å². The molecule has 0 saturated heterocycles. The normalized spacial score (nSPS) is 14.5. The summed E-state index contributed by atoms with van der Waals surface area (Å²) < 4.78 is 5.20. The summed E-state index contributed by atoms with van der Waals surface area (Å²) in [6, 6.07) is 3.83. The third-order valence-corrected chi connectivity index (χ3v) is 2.08. The van der Waals surface area contributed by atoms with Gasteiger partial charge in [-0.05, 0) is 42.4 Å². The van der Waals surface area contributed by atoms with Gasteiger partial charge in [-0.3, -0.25) is 0 Å². The van der Waals surface area contributed by atoms with Crippen molar-refractivity contribution in [1.29, 1.82) is 0 Å².